The van der Waals surface area contributed by atoms with Crippen molar-refractivity contribution < 1.29 is 0 Å². The van der Waals surface area contributed by atoms with Crippen molar-refractivity contribution in [2.75, 3.05) is 0 Å². The Morgan fingerprint density at radius 1 is 0.771 bits per heavy atom. The van der Waals surface area contributed by atoms with Crippen LogP contribution in [0.2, 0.25) is 0 Å². The van der Waals surface area contributed by atoms with Crippen LogP contribution in [0.15, 0.2) is 91.1 Å². The fourth-order valence-electron chi connectivity index (χ4n) is 4.97. The number of H-pyrrole nitrogens is 3. The number of nitrogens with zero attached hydrogens (tertiary/aromatic N) is 3. The van der Waals surface area contributed by atoms with Gasteiger partial charge in [-0.2, -0.15) is 10.4 Å². The molecule has 35 heavy (non-hydrogen) atoms. The quantitative estimate of drug-likeness (QED) is 0.282. The van der Waals surface area contributed by atoms with Gasteiger partial charge in [0.2, 0.25) is 0 Å². The molecule has 0 aliphatic rings. The van der Waals surface area contributed by atoms with Crippen LogP contribution in [0, 0.1) is 11.3 Å². The smallest absolute Gasteiger partial charge is 0.116 e. The van der Waals surface area contributed by atoms with E-state index in [1.54, 1.807) is 0 Å². The second-order valence-electron chi connectivity index (χ2n) is 8.80. The van der Waals surface area contributed by atoms with Crippen molar-refractivity contribution in [2.24, 2.45) is 0 Å². The molecule has 0 aliphatic carbocycles. The molecule has 0 aliphatic heterocycles. The molecule has 0 atom stereocenters. The summed E-state index contributed by atoms with van der Waals surface area (Å²) in [5, 5.41) is 20.2. The minimum Gasteiger partial charge on any atom is -0.353 e. The Kier molecular flexibility index (Phi) is 4.17. The lowest BCUT2D eigenvalue weighted by Crippen LogP contribution is -2.00. The van der Waals surface area contributed by atoms with E-state index in [0.29, 0.717) is 5.56 Å². The van der Waals surface area contributed by atoms with Crippen molar-refractivity contribution in [2.45, 2.75) is 6.54 Å². The van der Waals surface area contributed by atoms with Crippen LogP contribution >= 0.6 is 0 Å². The van der Waals surface area contributed by atoms with Gasteiger partial charge >= 0.3 is 0 Å². The van der Waals surface area contributed by atoms with Gasteiger partial charge in [-0.3, -0.25) is 5.10 Å². The molecule has 7 aromatic rings. The molecular weight excluding hydrogens is 432 g/mol. The zero-order chi connectivity index (χ0) is 23.4. The van der Waals surface area contributed by atoms with E-state index < -0.39 is 0 Å². The molecule has 3 N–H and O–H groups in total. The number of hydrogen-bond donors (Lipinski definition) is 3. The number of nitriles is 1. The summed E-state index contributed by atoms with van der Waals surface area (Å²) in [4.78, 5) is 7.09. The Bertz CT molecular complexity index is 1870. The number of fused-ring (bicyclic) bond motifs is 3. The first-order valence-corrected chi connectivity index (χ1v) is 11.5. The Morgan fingerprint density at radius 3 is 2.57 bits per heavy atom. The summed E-state index contributed by atoms with van der Waals surface area (Å²) in [6.07, 6.45) is 2.13. The topological polar surface area (TPSA) is 89.0 Å². The minimum atomic E-state index is 0.615. The van der Waals surface area contributed by atoms with E-state index in [2.05, 4.69) is 104 Å². The average Bonchev–Trinajstić information content (AvgIpc) is 3.67. The highest BCUT2D eigenvalue weighted by molar-refractivity contribution is 5.97. The highest BCUT2D eigenvalue weighted by Crippen LogP contribution is 2.32. The maximum Gasteiger partial charge on any atom is 0.116 e. The predicted molar refractivity (Wildman–Crippen MR) is 139 cm³/mol. The van der Waals surface area contributed by atoms with Gasteiger partial charge in [0.15, 0.2) is 0 Å². The average molecular weight is 453 g/mol. The number of rotatable bonds is 4. The second kappa shape index (κ2) is 7.51. The Balaban J connectivity index is 1.28. The molecule has 0 fully saturated rings. The fraction of sp³-hybridized carbons (Fsp3) is 0.0345. The van der Waals surface area contributed by atoms with Crippen LogP contribution in [0.25, 0.3) is 55.5 Å². The molecule has 0 amide bonds. The van der Waals surface area contributed by atoms with Crippen molar-refractivity contribution in [3.63, 3.8) is 0 Å². The van der Waals surface area contributed by atoms with Gasteiger partial charge < -0.3 is 14.5 Å². The molecule has 0 unspecified atom stereocenters. The van der Waals surface area contributed by atoms with Gasteiger partial charge in [0.1, 0.15) is 5.69 Å². The summed E-state index contributed by atoms with van der Waals surface area (Å²) in [6, 6.07) is 31.1. The van der Waals surface area contributed by atoms with E-state index in [1.165, 1.54) is 16.3 Å². The van der Waals surface area contributed by atoms with Crippen LogP contribution in [0.5, 0.6) is 0 Å². The van der Waals surface area contributed by atoms with Crippen LogP contribution in [0.1, 0.15) is 11.1 Å². The molecule has 0 saturated heterocycles. The molecule has 166 valence electrons. The summed E-state index contributed by atoms with van der Waals surface area (Å²) in [5.74, 6) is 0. The van der Waals surface area contributed by atoms with Crippen LogP contribution < -0.4 is 0 Å². The SMILES string of the molecule is N#Cc1ccc2c(-c3cc4c(Cn5cccc5-c5cc6ccccc6[nH]5)cccc4[nH]3)n[nH]c2c1. The molecule has 4 heterocycles. The van der Waals surface area contributed by atoms with E-state index in [1.807, 2.05) is 18.2 Å². The van der Waals surface area contributed by atoms with Crippen LogP contribution in [-0.2, 0) is 6.54 Å². The maximum absolute atomic E-state index is 9.19. The largest absolute Gasteiger partial charge is 0.353 e. The summed E-state index contributed by atoms with van der Waals surface area (Å²) >= 11 is 0. The predicted octanol–water partition coefficient (Wildman–Crippen LogP) is 6.58. The molecule has 0 spiro atoms. The van der Waals surface area contributed by atoms with Crippen molar-refractivity contribution >= 4 is 32.7 Å². The molecule has 7 rings (SSSR count). The maximum atomic E-state index is 9.19. The summed E-state index contributed by atoms with van der Waals surface area (Å²) < 4.78 is 2.28. The lowest BCUT2D eigenvalue weighted by molar-refractivity contribution is 0.818. The van der Waals surface area contributed by atoms with Gasteiger partial charge in [0.25, 0.3) is 0 Å². The number of nitrogens with one attached hydrogen (secondary N) is 3. The van der Waals surface area contributed by atoms with Gasteiger partial charge in [-0.1, -0.05) is 30.3 Å². The lowest BCUT2D eigenvalue weighted by Gasteiger charge is -2.09. The Labute approximate surface area is 200 Å². The Hall–Kier alpha value is -5.02. The van der Waals surface area contributed by atoms with E-state index in [9.17, 15) is 5.26 Å². The second-order valence-corrected chi connectivity index (χ2v) is 8.80. The minimum absolute atomic E-state index is 0.615. The van der Waals surface area contributed by atoms with E-state index in [4.69, 9.17) is 0 Å². The first-order chi connectivity index (χ1) is 17.3. The molecule has 0 bridgehead atoms. The van der Waals surface area contributed by atoms with Crippen LogP contribution in [0.3, 0.4) is 0 Å². The highest BCUT2D eigenvalue weighted by atomic mass is 15.1. The molecule has 6 nitrogen and oxygen atoms in total. The van der Waals surface area contributed by atoms with E-state index in [-0.39, 0.29) is 0 Å². The van der Waals surface area contributed by atoms with Crippen molar-refractivity contribution in [1.82, 2.24) is 24.7 Å². The summed E-state index contributed by atoms with van der Waals surface area (Å²) in [5.41, 5.74) is 8.97. The third-order valence-electron chi connectivity index (χ3n) is 6.68. The molecule has 3 aromatic carbocycles. The standard InChI is InChI=1S/C29H20N6/c30-16-18-10-11-21-25(13-18)33-34-29(21)27-15-22-20(6-3-8-24(22)32-27)17-35-12-4-9-28(35)26-14-19-5-1-2-7-23(19)31-26/h1-15,31-32H,17H2,(H,33,34). The van der Waals surface area contributed by atoms with Crippen molar-refractivity contribution in [3.8, 4) is 28.8 Å². The van der Waals surface area contributed by atoms with Gasteiger partial charge in [-0.05, 0) is 60.2 Å². The van der Waals surface area contributed by atoms with E-state index >= 15 is 0 Å². The van der Waals surface area contributed by atoms with Gasteiger partial charge in [0, 0.05) is 39.9 Å². The summed E-state index contributed by atoms with van der Waals surface area (Å²) in [7, 11) is 0. The monoisotopic (exact) mass is 452 g/mol. The number of aromatic nitrogens is 5. The molecule has 0 saturated carbocycles. The first-order valence-electron chi connectivity index (χ1n) is 11.5. The third-order valence-corrected chi connectivity index (χ3v) is 6.68. The number of aromatic amines is 3. The molecular formula is C29H20N6. The van der Waals surface area contributed by atoms with Gasteiger partial charge in [-0.25, -0.2) is 0 Å². The van der Waals surface area contributed by atoms with Crippen LogP contribution in [-0.4, -0.2) is 24.7 Å². The highest BCUT2D eigenvalue weighted by Gasteiger charge is 2.14. The number of para-hydroxylation sites is 1. The van der Waals surface area contributed by atoms with Crippen molar-refractivity contribution in [1.29, 1.82) is 5.26 Å². The Morgan fingerprint density at radius 2 is 1.66 bits per heavy atom. The lowest BCUT2D eigenvalue weighted by atomic mass is 10.1. The zero-order valence-corrected chi connectivity index (χ0v) is 18.7. The number of hydrogen-bond acceptors (Lipinski definition) is 2. The first kappa shape index (κ1) is 19.4. The van der Waals surface area contributed by atoms with E-state index in [0.717, 1.165) is 51.3 Å². The molecule has 4 aromatic heterocycles. The molecule has 6 heteroatoms. The van der Waals surface area contributed by atoms with Gasteiger partial charge in [-0.15, -0.1) is 0 Å². The number of benzene rings is 3. The third kappa shape index (κ3) is 3.14. The van der Waals surface area contributed by atoms with Crippen LogP contribution in [0.4, 0.5) is 0 Å². The normalized spacial score (nSPS) is 11.5. The summed E-state index contributed by atoms with van der Waals surface area (Å²) in [6.45, 7) is 0.749. The zero-order valence-electron chi connectivity index (χ0n) is 18.7. The van der Waals surface area contributed by atoms with Crippen molar-refractivity contribution in [3.05, 3.63) is 102 Å². The van der Waals surface area contributed by atoms with Gasteiger partial charge in [0.05, 0.1) is 34.2 Å². The molecule has 0 radical (unpaired) electrons. The fourth-order valence-corrected chi connectivity index (χ4v) is 4.97.